The standard InChI is InChI=1S/C12H12N2O/c15-12-6-7-13-11(8-12)9-14-10-4-2-1-3-5-10/h1-8,14H,9H2,(H,13,15). The van der Waals surface area contributed by atoms with Gasteiger partial charge in [0.05, 0.1) is 6.54 Å². The van der Waals surface area contributed by atoms with Crippen LogP contribution in [0.4, 0.5) is 5.69 Å². The van der Waals surface area contributed by atoms with Crippen molar-refractivity contribution in [1.82, 2.24) is 4.98 Å². The Morgan fingerprint density at radius 3 is 2.67 bits per heavy atom. The molecule has 0 radical (unpaired) electrons. The Morgan fingerprint density at radius 2 is 1.93 bits per heavy atom. The van der Waals surface area contributed by atoms with E-state index in [-0.39, 0.29) is 5.43 Å². The Labute approximate surface area is 87.8 Å². The van der Waals surface area contributed by atoms with E-state index in [0.29, 0.717) is 6.54 Å². The molecular weight excluding hydrogens is 188 g/mol. The van der Waals surface area contributed by atoms with Crippen LogP contribution >= 0.6 is 0 Å². The van der Waals surface area contributed by atoms with E-state index in [9.17, 15) is 4.79 Å². The normalized spacial score (nSPS) is 9.87. The number of aromatic amines is 1. The molecule has 0 aliphatic heterocycles. The van der Waals surface area contributed by atoms with Crippen LogP contribution < -0.4 is 10.7 Å². The summed E-state index contributed by atoms with van der Waals surface area (Å²) in [5, 5.41) is 3.22. The van der Waals surface area contributed by atoms with Crippen LogP contribution in [-0.2, 0) is 6.54 Å². The van der Waals surface area contributed by atoms with Gasteiger partial charge >= 0.3 is 0 Å². The Kier molecular flexibility index (Phi) is 2.83. The van der Waals surface area contributed by atoms with Gasteiger partial charge in [-0.1, -0.05) is 18.2 Å². The van der Waals surface area contributed by atoms with Crippen LogP contribution in [-0.4, -0.2) is 4.98 Å². The first-order chi connectivity index (χ1) is 7.34. The van der Waals surface area contributed by atoms with E-state index in [2.05, 4.69) is 10.3 Å². The highest BCUT2D eigenvalue weighted by Gasteiger charge is 1.93. The summed E-state index contributed by atoms with van der Waals surface area (Å²) in [5.41, 5.74) is 1.95. The fraction of sp³-hybridized carbons (Fsp3) is 0.0833. The minimum atomic E-state index is 0.0265. The minimum absolute atomic E-state index is 0.0265. The second-order valence-electron chi connectivity index (χ2n) is 3.27. The van der Waals surface area contributed by atoms with Crippen LogP contribution in [0.3, 0.4) is 0 Å². The van der Waals surface area contributed by atoms with Gasteiger partial charge in [0.1, 0.15) is 0 Å². The van der Waals surface area contributed by atoms with E-state index in [1.54, 1.807) is 12.3 Å². The third-order valence-electron chi connectivity index (χ3n) is 2.09. The zero-order chi connectivity index (χ0) is 10.5. The maximum atomic E-state index is 11.1. The lowest BCUT2D eigenvalue weighted by atomic mass is 10.3. The molecular formula is C12H12N2O. The minimum Gasteiger partial charge on any atom is -0.379 e. The van der Waals surface area contributed by atoms with E-state index in [1.165, 1.54) is 6.07 Å². The molecule has 1 aromatic carbocycles. The summed E-state index contributed by atoms with van der Waals surface area (Å²) in [6, 6.07) is 13.0. The van der Waals surface area contributed by atoms with Crippen molar-refractivity contribution in [2.75, 3.05) is 5.32 Å². The third-order valence-corrected chi connectivity index (χ3v) is 2.09. The van der Waals surface area contributed by atoms with Crippen LogP contribution in [0.1, 0.15) is 5.69 Å². The molecule has 0 bridgehead atoms. The van der Waals surface area contributed by atoms with Crippen molar-refractivity contribution in [3.8, 4) is 0 Å². The molecule has 0 unspecified atom stereocenters. The van der Waals surface area contributed by atoms with Gasteiger partial charge in [0.2, 0.25) is 0 Å². The first kappa shape index (κ1) is 9.52. The second-order valence-corrected chi connectivity index (χ2v) is 3.27. The van der Waals surface area contributed by atoms with Crippen LogP contribution in [0, 0.1) is 0 Å². The highest BCUT2D eigenvalue weighted by Crippen LogP contribution is 2.05. The van der Waals surface area contributed by atoms with Gasteiger partial charge in [-0.15, -0.1) is 0 Å². The highest BCUT2D eigenvalue weighted by atomic mass is 16.1. The lowest BCUT2D eigenvalue weighted by Crippen LogP contribution is -2.06. The molecule has 0 fully saturated rings. The number of hydrogen-bond donors (Lipinski definition) is 2. The molecule has 2 rings (SSSR count). The largest absolute Gasteiger partial charge is 0.379 e. The molecule has 1 aromatic heterocycles. The lowest BCUT2D eigenvalue weighted by Gasteiger charge is -2.05. The SMILES string of the molecule is O=c1cc[nH]c(CNc2ccccc2)c1. The molecule has 2 aromatic rings. The smallest absolute Gasteiger partial charge is 0.181 e. The summed E-state index contributed by atoms with van der Waals surface area (Å²) in [4.78, 5) is 14.1. The summed E-state index contributed by atoms with van der Waals surface area (Å²) >= 11 is 0. The number of para-hydroxylation sites is 1. The number of rotatable bonds is 3. The highest BCUT2D eigenvalue weighted by molar-refractivity contribution is 5.42. The molecule has 76 valence electrons. The number of hydrogen-bond acceptors (Lipinski definition) is 2. The van der Waals surface area contributed by atoms with E-state index >= 15 is 0 Å². The van der Waals surface area contributed by atoms with Crippen molar-refractivity contribution in [3.63, 3.8) is 0 Å². The Bertz CT molecular complexity index is 476. The molecule has 1 heterocycles. The zero-order valence-electron chi connectivity index (χ0n) is 8.23. The molecule has 3 heteroatoms. The number of aromatic nitrogens is 1. The van der Waals surface area contributed by atoms with Crippen LogP contribution in [0.5, 0.6) is 0 Å². The van der Waals surface area contributed by atoms with Crippen LogP contribution in [0.25, 0.3) is 0 Å². The molecule has 15 heavy (non-hydrogen) atoms. The number of nitrogens with one attached hydrogen (secondary N) is 2. The number of benzene rings is 1. The second kappa shape index (κ2) is 4.46. The van der Waals surface area contributed by atoms with Gasteiger partial charge in [-0.2, -0.15) is 0 Å². The average Bonchev–Trinajstić information content (AvgIpc) is 2.28. The summed E-state index contributed by atoms with van der Waals surface area (Å²) in [5.74, 6) is 0. The number of H-pyrrole nitrogens is 1. The quantitative estimate of drug-likeness (QED) is 0.795. The van der Waals surface area contributed by atoms with Gasteiger partial charge in [0.15, 0.2) is 5.43 Å². The Hall–Kier alpha value is -2.03. The van der Waals surface area contributed by atoms with Gasteiger partial charge < -0.3 is 10.3 Å². The molecule has 0 amide bonds. The maximum absolute atomic E-state index is 11.1. The van der Waals surface area contributed by atoms with Crippen molar-refractivity contribution in [1.29, 1.82) is 0 Å². The first-order valence-electron chi connectivity index (χ1n) is 4.81. The van der Waals surface area contributed by atoms with E-state index in [4.69, 9.17) is 0 Å². The molecule has 0 saturated heterocycles. The van der Waals surface area contributed by atoms with E-state index in [1.807, 2.05) is 30.3 Å². The van der Waals surface area contributed by atoms with Gasteiger partial charge in [-0.05, 0) is 12.1 Å². The summed E-state index contributed by atoms with van der Waals surface area (Å²) in [7, 11) is 0. The Morgan fingerprint density at radius 1 is 1.13 bits per heavy atom. The molecule has 3 nitrogen and oxygen atoms in total. The average molecular weight is 200 g/mol. The predicted octanol–water partition coefficient (Wildman–Crippen LogP) is 1.99. The van der Waals surface area contributed by atoms with Gasteiger partial charge in [0.25, 0.3) is 0 Å². The van der Waals surface area contributed by atoms with Crippen molar-refractivity contribution in [2.45, 2.75) is 6.54 Å². The summed E-state index contributed by atoms with van der Waals surface area (Å²) in [6.07, 6.45) is 1.66. The van der Waals surface area contributed by atoms with Crippen molar-refractivity contribution >= 4 is 5.69 Å². The topological polar surface area (TPSA) is 44.9 Å². The summed E-state index contributed by atoms with van der Waals surface area (Å²) < 4.78 is 0. The molecule has 2 N–H and O–H groups in total. The van der Waals surface area contributed by atoms with Crippen molar-refractivity contribution < 1.29 is 0 Å². The molecule has 0 spiro atoms. The molecule has 0 saturated carbocycles. The zero-order valence-corrected chi connectivity index (χ0v) is 8.23. The number of pyridine rings is 1. The van der Waals surface area contributed by atoms with Gasteiger partial charge in [0, 0.05) is 29.7 Å². The van der Waals surface area contributed by atoms with Gasteiger partial charge in [-0.3, -0.25) is 4.79 Å². The fourth-order valence-corrected chi connectivity index (χ4v) is 1.35. The van der Waals surface area contributed by atoms with Crippen molar-refractivity contribution in [3.05, 3.63) is 64.6 Å². The number of anilines is 1. The molecule has 0 aliphatic rings. The lowest BCUT2D eigenvalue weighted by molar-refractivity contribution is 1.04. The monoisotopic (exact) mass is 200 g/mol. The van der Waals surface area contributed by atoms with Crippen LogP contribution in [0.2, 0.25) is 0 Å². The fourth-order valence-electron chi connectivity index (χ4n) is 1.35. The first-order valence-corrected chi connectivity index (χ1v) is 4.81. The van der Waals surface area contributed by atoms with Crippen LogP contribution in [0.15, 0.2) is 53.5 Å². The maximum Gasteiger partial charge on any atom is 0.181 e. The van der Waals surface area contributed by atoms with E-state index in [0.717, 1.165) is 11.4 Å². The van der Waals surface area contributed by atoms with Crippen molar-refractivity contribution in [2.24, 2.45) is 0 Å². The summed E-state index contributed by atoms with van der Waals surface area (Å²) in [6.45, 7) is 0.625. The third kappa shape index (κ3) is 2.71. The van der Waals surface area contributed by atoms with E-state index < -0.39 is 0 Å². The predicted molar refractivity (Wildman–Crippen MR) is 60.8 cm³/mol. The Balaban J connectivity index is 2.02. The molecule has 0 aliphatic carbocycles. The van der Waals surface area contributed by atoms with Gasteiger partial charge in [-0.25, -0.2) is 0 Å². The molecule has 0 atom stereocenters.